The van der Waals surface area contributed by atoms with Crippen molar-refractivity contribution in [3.05, 3.63) is 53.6 Å². The zero-order valence-electron chi connectivity index (χ0n) is 23.4. The van der Waals surface area contributed by atoms with Gasteiger partial charge in [0.2, 0.25) is 5.91 Å². The monoisotopic (exact) mass is 525 g/mol. The summed E-state index contributed by atoms with van der Waals surface area (Å²) in [4.78, 5) is 28.4. The Bertz CT molecular complexity index is 1140. The molecule has 2 amide bonds. The molecule has 0 N–H and O–H groups in total. The normalized spacial score (nSPS) is 15.2. The average Bonchev–Trinajstić information content (AvgIpc) is 3.35. The first kappa shape index (κ1) is 29.0. The van der Waals surface area contributed by atoms with Crippen LogP contribution in [0.1, 0.15) is 50.8 Å². The van der Waals surface area contributed by atoms with Crippen LogP contribution >= 0.6 is 0 Å². The second kappa shape index (κ2) is 12.8. The van der Waals surface area contributed by atoms with Gasteiger partial charge in [0.05, 0.1) is 39.7 Å². The third kappa shape index (κ3) is 7.25. The molecule has 0 spiro atoms. The van der Waals surface area contributed by atoms with E-state index in [-0.39, 0.29) is 29.8 Å². The van der Waals surface area contributed by atoms with Crippen LogP contribution in [0.3, 0.4) is 0 Å². The number of hydrogen-bond acceptors (Lipinski definition) is 7. The minimum atomic E-state index is -0.350. The number of hydrazone groups is 1. The Morgan fingerprint density at radius 3 is 2.21 bits per heavy atom. The van der Waals surface area contributed by atoms with Gasteiger partial charge in [-0.1, -0.05) is 32.9 Å². The van der Waals surface area contributed by atoms with Crippen LogP contribution in [0.5, 0.6) is 17.2 Å². The van der Waals surface area contributed by atoms with Gasteiger partial charge in [-0.25, -0.2) is 5.01 Å². The fraction of sp³-hybridized carbons (Fsp3) is 0.483. The topological polar surface area (TPSA) is 89.9 Å². The molecule has 0 aromatic heterocycles. The molecule has 2 aromatic rings. The van der Waals surface area contributed by atoms with Gasteiger partial charge in [-0.15, -0.1) is 0 Å². The molecule has 0 saturated heterocycles. The summed E-state index contributed by atoms with van der Waals surface area (Å²) >= 11 is 0. The lowest BCUT2D eigenvalue weighted by atomic mass is 9.91. The Morgan fingerprint density at radius 2 is 1.63 bits per heavy atom. The summed E-state index contributed by atoms with van der Waals surface area (Å²) in [5, 5.41) is 6.26. The highest BCUT2D eigenvalue weighted by Gasteiger charge is 2.35. The average molecular weight is 526 g/mol. The molecule has 0 fully saturated rings. The van der Waals surface area contributed by atoms with Gasteiger partial charge in [-0.2, -0.15) is 5.10 Å². The SMILES string of the molecule is COCCN(CC(=O)N1N=C(c2ccc(OC)cc2OC)CC1c1ccc(OC)cc1)C(=O)CC(C)(C)C. The molecule has 9 heteroatoms. The molecular formula is C29H39N3O6. The Balaban J connectivity index is 1.96. The fourth-order valence-corrected chi connectivity index (χ4v) is 4.32. The third-order valence-corrected chi connectivity index (χ3v) is 6.31. The first-order chi connectivity index (χ1) is 18.1. The van der Waals surface area contributed by atoms with Crippen molar-refractivity contribution < 1.29 is 28.5 Å². The number of benzene rings is 2. The first-order valence-electron chi connectivity index (χ1n) is 12.6. The van der Waals surface area contributed by atoms with E-state index in [1.54, 1.807) is 39.4 Å². The minimum Gasteiger partial charge on any atom is -0.497 e. The summed E-state index contributed by atoms with van der Waals surface area (Å²) in [7, 11) is 6.37. The van der Waals surface area contributed by atoms with Crippen molar-refractivity contribution in [1.82, 2.24) is 9.91 Å². The lowest BCUT2D eigenvalue weighted by Gasteiger charge is -2.29. The van der Waals surface area contributed by atoms with Crippen molar-refractivity contribution in [2.75, 3.05) is 48.1 Å². The van der Waals surface area contributed by atoms with Crippen molar-refractivity contribution >= 4 is 17.5 Å². The quantitative estimate of drug-likeness (QED) is 0.435. The van der Waals surface area contributed by atoms with E-state index in [9.17, 15) is 9.59 Å². The second-order valence-electron chi connectivity index (χ2n) is 10.4. The zero-order valence-corrected chi connectivity index (χ0v) is 23.4. The van der Waals surface area contributed by atoms with Gasteiger partial charge < -0.3 is 23.8 Å². The first-order valence-corrected chi connectivity index (χ1v) is 12.6. The van der Waals surface area contributed by atoms with Crippen molar-refractivity contribution in [2.24, 2.45) is 10.5 Å². The van der Waals surface area contributed by atoms with Gasteiger partial charge in [-0.05, 0) is 35.2 Å². The third-order valence-electron chi connectivity index (χ3n) is 6.31. The van der Waals surface area contributed by atoms with E-state index >= 15 is 0 Å². The number of amides is 2. The molecule has 1 heterocycles. The molecule has 206 valence electrons. The number of carbonyl (C=O) groups is 2. The molecule has 0 aliphatic carbocycles. The second-order valence-corrected chi connectivity index (χ2v) is 10.4. The predicted molar refractivity (Wildman–Crippen MR) is 146 cm³/mol. The van der Waals surface area contributed by atoms with Crippen molar-refractivity contribution in [3.8, 4) is 17.2 Å². The van der Waals surface area contributed by atoms with Crippen LogP contribution < -0.4 is 14.2 Å². The zero-order chi connectivity index (χ0) is 27.9. The molecular weight excluding hydrogens is 486 g/mol. The molecule has 0 saturated carbocycles. The number of ether oxygens (including phenoxy) is 4. The lowest BCUT2D eigenvalue weighted by Crippen LogP contribution is -2.43. The van der Waals surface area contributed by atoms with Gasteiger partial charge >= 0.3 is 0 Å². The van der Waals surface area contributed by atoms with Crippen LogP contribution in [0.2, 0.25) is 0 Å². The molecule has 0 radical (unpaired) electrons. The van der Waals surface area contributed by atoms with E-state index in [1.807, 2.05) is 57.2 Å². The molecule has 38 heavy (non-hydrogen) atoms. The van der Waals surface area contributed by atoms with Crippen LogP contribution in [0, 0.1) is 5.41 Å². The summed E-state index contributed by atoms with van der Waals surface area (Å²) in [5.41, 5.74) is 2.20. The molecule has 0 bridgehead atoms. The van der Waals surface area contributed by atoms with Crippen LogP contribution in [0.4, 0.5) is 0 Å². The molecule has 1 aliphatic heterocycles. The van der Waals surface area contributed by atoms with Gasteiger partial charge in [0.25, 0.3) is 5.91 Å². The number of carbonyl (C=O) groups excluding carboxylic acids is 2. The van der Waals surface area contributed by atoms with E-state index in [0.29, 0.717) is 43.2 Å². The number of hydrogen-bond donors (Lipinski definition) is 0. The fourth-order valence-electron chi connectivity index (χ4n) is 4.32. The largest absolute Gasteiger partial charge is 0.497 e. The highest BCUT2D eigenvalue weighted by Crippen LogP contribution is 2.37. The van der Waals surface area contributed by atoms with Crippen molar-refractivity contribution in [2.45, 2.75) is 39.7 Å². The summed E-state index contributed by atoms with van der Waals surface area (Å²) in [6.07, 6.45) is 0.804. The highest BCUT2D eigenvalue weighted by molar-refractivity contribution is 6.05. The van der Waals surface area contributed by atoms with Gasteiger partial charge in [0.1, 0.15) is 23.8 Å². The molecule has 2 aromatic carbocycles. The van der Waals surface area contributed by atoms with Gasteiger partial charge in [0, 0.05) is 38.1 Å². The van der Waals surface area contributed by atoms with Crippen molar-refractivity contribution in [3.63, 3.8) is 0 Å². The van der Waals surface area contributed by atoms with Crippen LogP contribution in [0.15, 0.2) is 47.6 Å². The van der Waals surface area contributed by atoms with Crippen LogP contribution in [-0.4, -0.2) is 75.6 Å². The standard InChI is InChI=1S/C29H39N3O6/c1-29(2,3)18-27(33)31(14-15-35-4)19-28(34)32-25(20-8-10-21(36-5)11-9-20)17-24(30-32)23-13-12-22(37-6)16-26(23)38-7/h8-13,16,25H,14-15,17-19H2,1-7H3. The molecule has 1 aliphatic rings. The summed E-state index contributed by atoms with van der Waals surface area (Å²) in [5.74, 6) is 1.62. The van der Waals surface area contributed by atoms with E-state index in [4.69, 9.17) is 24.0 Å². The predicted octanol–water partition coefficient (Wildman–Crippen LogP) is 4.30. The Morgan fingerprint density at radius 1 is 0.974 bits per heavy atom. The molecule has 1 atom stereocenters. The maximum absolute atomic E-state index is 13.7. The highest BCUT2D eigenvalue weighted by atomic mass is 16.5. The summed E-state index contributed by atoms with van der Waals surface area (Å²) < 4.78 is 21.5. The van der Waals surface area contributed by atoms with E-state index in [1.165, 1.54) is 5.01 Å². The van der Waals surface area contributed by atoms with E-state index in [0.717, 1.165) is 16.9 Å². The number of nitrogens with zero attached hydrogens (tertiary/aromatic N) is 3. The maximum atomic E-state index is 13.7. The smallest absolute Gasteiger partial charge is 0.262 e. The molecule has 3 rings (SSSR count). The van der Waals surface area contributed by atoms with Crippen LogP contribution in [-0.2, 0) is 14.3 Å². The van der Waals surface area contributed by atoms with Crippen LogP contribution in [0.25, 0.3) is 0 Å². The van der Waals surface area contributed by atoms with Gasteiger partial charge in [-0.3, -0.25) is 9.59 Å². The summed E-state index contributed by atoms with van der Waals surface area (Å²) in [6.45, 7) is 6.56. The Hall–Kier alpha value is -3.59. The van der Waals surface area contributed by atoms with Crippen molar-refractivity contribution in [1.29, 1.82) is 0 Å². The Kier molecular flexibility index (Phi) is 9.74. The number of methoxy groups -OCH3 is 4. The molecule has 9 nitrogen and oxygen atoms in total. The number of rotatable bonds is 11. The van der Waals surface area contributed by atoms with E-state index < -0.39 is 0 Å². The van der Waals surface area contributed by atoms with Gasteiger partial charge in [0.15, 0.2) is 0 Å². The minimum absolute atomic E-state index is 0.0934. The maximum Gasteiger partial charge on any atom is 0.262 e. The lowest BCUT2D eigenvalue weighted by molar-refractivity contribution is -0.143. The molecule has 1 unspecified atom stereocenters. The van der Waals surface area contributed by atoms with E-state index in [2.05, 4.69) is 0 Å². The Labute approximate surface area is 225 Å². The summed E-state index contributed by atoms with van der Waals surface area (Å²) in [6, 6.07) is 12.8.